The number of hydrogen-bond acceptors (Lipinski definition) is 7. The van der Waals surface area contributed by atoms with E-state index in [2.05, 4.69) is 20.3 Å². The second-order valence-electron chi connectivity index (χ2n) is 11.0. The van der Waals surface area contributed by atoms with Gasteiger partial charge in [0.15, 0.2) is 0 Å². The number of ether oxygens (including phenoxy) is 1. The monoisotopic (exact) mass is 671 g/mol. The molecule has 0 aliphatic rings. The van der Waals surface area contributed by atoms with Crippen molar-refractivity contribution >= 4 is 55.9 Å². The first-order chi connectivity index (χ1) is 21.3. The first-order valence-electron chi connectivity index (χ1n) is 14.2. The largest absolute Gasteiger partial charge is 0.487 e. The number of benzene rings is 3. The van der Waals surface area contributed by atoms with Gasteiger partial charge in [-0.15, -0.1) is 0 Å². The Balaban J connectivity index is 1.34. The maximum Gasteiger partial charge on any atom is 0.248 e. The summed E-state index contributed by atoms with van der Waals surface area (Å²) in [6.45, 7) is 6.21. The maximum atomic E-state index is 13.4. The number of hydrogen-bond donors (Lipinski definition) is 4. The van der Waals surface area contributed by atoms with Gasteiger partial charge in [-0.3, -0.25) is 9.59 Å². The number of aromatic nitrogens is 1. The molecule has 3 aromatic carbocycles. The summed E-state index contributed by atoms with van der Waals surface area (Å²) in [5.41, 5.74) is 6.96. The first kappa shape index (κ1) is 34.1. The number of nitrogens with zero attached hydrogens (tertiary/aromatic N) is 1. The van der Waals surface area contributed by atoms with E-state index in [1.165, 1.54) is 26.0 Å². The highest BCUT2D eigenvalue weighted by Crippen LogP contribution is 2.33. The molecule has 0 radical (unpaired) electrons. The lowest BCUT2D eigenvalue weighted by molar-refractivity contribution is -0.125. The van der Waals surface area contributed by atoms with Gasteiger partial charge in [-0.05, 0) is 75.7 Å². The number of halogens is 2. The fourth-order valence-electron chi connectivity index (χ4n) is 4.49. The van der Waals surface area contributed by atoms with Crippen LogP contribution in [0.5, 0.6) is 5.75 Å². The second kappa shape index (κ2) is 14.6. The Morgan fingerprint density at radius 1 is 0.978 bits per heavy atom. The van der Waals surface area contributed by atoms with Crippen molar-refractivity contribution in [2.75, 3.05) is 13.1 Å². The summed E-state index contributed by atoms with van der Waals surface area (Å²) >= 11 is 13.0. The fraction of sp³-hybridized carbons (Fsp3) is 0.281. The average molecular weight is 673 g/mol. The molecule has 238 valence electrons. The first-order valence-corrected chi connectivity index (χ1v) is 16.4. The Hall–Kier alpha value is -3.74. The van der Waals surface area contributed by atoms with Crippen LogP contribution in [0.25, 0.3) is 10.9 Å². The number of rotatable bonds is 14. The predicted octanol–water partition coefficient (Wildman–Crippen LogP) is 4.88. The zero-order valence-electron chi connectivity index (χ0n) is 25.1. The van der Waals surface area contributed by atoms with Crippen LogP contribution in [-0.4, -0.2) is 43.8 Å². The van der Waals surface area contributed by atoms with Crippen LogP contribution in [-0.2, 0) is 28.0 Å². The Kier molecular flexibility index (Phi) is 11.1. The zero-order valence-corrected chi connectivity index (χ0v) is 27.4. The van der Waals surface area contributed by atoms with Crippen molar-refractivity contribution < 1.29 is 22.7 Å². The van der Waals surface area contributed by atoms with Gasteiger partial charge in [-0.25, -0.2) is 13.4 Å². The van der Waals surface area contributed by atoms with E-state index < -0.39 is 27.4 Å². The van der Waals surface area contributed by atoms with E-state index >= 15 is 0 Å². The molecule has 0 fully saturated rings. The average Bonchev–Trinajstić information content (AvgIpc) is 2.98. The normalized spacial score (nSPS) is 11.8. The lowest BCUT2D eigenvalue weighted by Crippen LogP contribution is -2.54. The summed E-state index contributed by atoms with van der Waals surface area (Å²) in [5.74, 6) is -0.478. The van der Waals surface area contributed by atoms with Gasteiger partial charge in [0.2, 0.25) is 21.8 Å². The second-order valence-corrected chi connectivity index (χ2v) is 13.4. The van der Waals surface area contributed by atoms with Gasteiger partial charge < -0.3 is 21.1 Å². The minimum absolute atomic E-state index is 0.105. The van der Waals surface area contributed by atoms with E-state index in [1.54, 1.807) is 18.2 Å². The number of fused-ring (bicyclic) bond motifs is 1. The van der Waals surface area contributed by atoms with Crippen molar-refractivity contribution in [1.82, 2.24) is 20.3 Å². The lowest BCUT2D eigenvalue weighted by atomic mass is 10.1. The predicted molar refractivity (Wildman–Crippen MR) is 176 cm³/mol. The molecular formula is C32H35Cl2N5O5S. The molecule has 0 saturated heterocycles. The number of nitrogens with two attached hydrogens (primary N) is 1. The van der Waals surface area contributed by atoms with Gasteiger partial charge in [0.25, 0.3) is 0 Å². The van der Waals surface area contributed by atoms with E-state index in [4.69, 9.17) is 33.7 Å². The third kappa shape index (κ3) is 8.71. The molecule has 0 aliphatic carbocycles. The number of primary amides is 1. The topological polar surface area (TPSA) is 153 Å². The number of sulfonamides is 1. The third-order valence-corrected chi connectivity index (χ3v) is 9.57. The lowest BCUT2D eigenvalue weighted by Gasteiger charge is -2.25. The summed E-state index contributed by atoms with van der Waals surface area (Å²) in [6, 6.07) is 19.0. The molecule has 13 heteroatoms. The van der Waals surface area contributed by atoms with Gasteiger partial charge >= 0.3 is 0 Å². The molecule has 2 amide bonds. The van der Waals surface area contributed by atoms with Crippen molar-refractivity contribution in [1.29, 1.82) is 0 Å². The molecule has 4 aromatic rings. The van der Waals surface area contributed by atoms with E-state index in [-0.39, 0.29) is 27.1 Å². The number of aryl methyl sites for hydroxylation is 1. The molecule has 1 heterocycles. The molecular weight excluding hydrogens is 637 g/mol. The molecule has 0 unspecified atom stereocenters. The standard InChI is InChI=1S/C32H35Cl2N5O5S/c1-20-8-11-22-6-4-7-26(29(22)38-20)44-19-24-25(33)14-15-27(28(24)34)45(42,43)39-32(2,3)31(41)37-17-5-16-36-18-21-9-12-23(13-10-21)30(35)40/h4,6-15,36,39H,5,16-19H2,1-3H3,(H2,35,40)(H,37,41). The minimum atomic E-state index is -4.25. The number of nitrogens with one attached hydrogen (secondary N) is 3. The Bertz CT molecular complexity index is 1820. The van der Waals surface area contributed by atoms with Crippen LogP contribution < -0.4 is 25.8 Å². The molecule has 0 bridgehead atoms. The van der Waals surface area contributed by atoms with E-state index in [9.17, 15) is 18.0 Å². The molecule has 0 saturated carbocycles. The molecule has 0 spiro atoms. The van der Waals surface area contributed by atoms with Gasteiger partial charge in [-0.2, -0.15) is 4.72 Å². The molecule has 0 aliphatic heterocycles. The molecule has 10 nitrogen and oxygen atoms in total. The van der Waals surface area contributed by atoms with Gasteiger partial charge in [-0.1, -0.05) is 53.5 Å². The van der Waals surface area contributed by atoms with Crippen LogP contribution in [0, 0.1) is 6.92 Å². The van der Waals surface area contributed by atoms with E-state index in [0.717, 1.165) is 16.6 Å². The summed E-state index contributed by atoms with van der Waals surface area (Å²) in [6.07, 6.45) is 0.603. The number of para-hydroxylation sites is 1. The summed E-state index contributed by atoms with van der Waals surface area (Å²) in [4.78, 5) is 28.4. The Morgan fingerprint density at radius 3 is 2.42 bits per heavy atom. The highest BCUT2D eigenvalue weighted by Gasteiger charge is 2.34. The van der Waals surface area contributed by atoms with Crippen LogP contribution in [0.3, 0.4) is 0 Å². The van der Waals surface area contributed by atoms with Crippen molar-refractivity contribution in [3.05, 3.63) is 99.2 Å². The SMILES string of the molecule is Cc1ccc2cccc(OCc3c(Cl)ccc(S(=O)(=O)NC(C)(C)C(=O)NCCCNCc4ccc(C(N)=O)cc4)c3Cl)c2n1. The van der Waals surface area contributed by atoms with E-state index in [0.29, 0.717) is 42.9 Å². The van der Waals surface area contributed by atoms with Gasteiger partial charge in [0, 0.05) is 40.3 Å². The molecule has 5 N–H and O–H groups in total. The molecule has 45 heavy (non-hydrogen) atoms. The fourth-order valence-corrected chi connectivity index (χ4v) is 6.76. The van der Waals surface area contributed by atoms with Crippen molar-refractivity contribution in [3.63, 3.8) is 0 Å². The smallest absolute Gasteiger partial charge is 0.248 e. The summed E-state index contributed by atoms with van der Waals surface area (Å²) < 4.78 is 35.3. The number of carbonyl (C=O) groups is 2. The molecule has 1 aromatic heterocycles. The highest BCUT2D eigenvalue weighted by atomic mass is 35.5. The molecule has 4 rings (SSSR count). The van der Waals surface area contributed by atoms with Crippen molar-refractivity contribution in [2.45, 2.75) is 50.8 Å². The number of pyridine rings is 1. The minimum Gasteiger partial charge on any atom is -0.487 e. The number of carbonyl (C=O) groups excluding carboxylic acids is 2. The maximum absolute atomic E-state index is 13.4. The summed E-state index contributed by atoms with van der Waals surface area (Å²) in [5, 5.41) is 7.04. The van der Waals surface area contributed by atoms with Crippen LogP contribution in [0.15, 0.2) is 71.6 Å². The Morgan fingerprint density at radius 2 is 1.71 bits per heavy atom. The van der Waals surface area contributed by atoms with Gasteiger partial charge in [0.05, 0.1) is 5.02 Å². The van der Waals surface area contributed by atoms with Crippen LogP contribution in [0.2, 0.25) is 10.0 Å². The third-order valence-electron chi connectivity index (χ3n) is 6.98. The van der Waals surface area contributed by atoms with Gasteiger partial charge in [0.1, 0.15) is 28.3 Å². The van der Waals surface area contributed by atoms with Crippen molar-refractivity contribution in [2.24, 2.45) is 5.73 Å². The highest BCUT2D eigenvalue weighted by molar-refractivity contribution is 7.89. The number of amides is 2. The van der Waals surface area contributed by atoms with Crippen LogP contribution >= 0.6 is 23.2 Å². The Labute approximate surface area is 272 Å². The quantitative estimate of drug-likeness (QED) is 0.139. The summed E-state index contributed by atoms with van der Waals surface area (Å²) in [7, 11) is -4.25. The molecule has 0 atom stereocenters. The zero-order chi connectivity index (χ0) is 32.8. The van der Waals surface area contributed by atoms with Crippen molar-refractivity contribution in [3.8, 4) is 5.75 Å². The van der Waals surface area contributed by atoms with Crippen LogP contribution in [0.4, 0.5) is 0 Å². The van der Waals surface area contributed by atoms with Crippen LogP contribution in [0.1, 0.15) is 47.4 Å². The van der Waals surface area contributed by atoms with E-state index in [1.807, 2.05) is 43.3 Å².